The lowest BCUT2D eigenvalue weighted by atomic mass is 10.2. The molecule has 0 aliphatic carbocycles. The van der Waals surface area contributed by atoms with Crippen molar-refractivity contribution < 1.29 is 0 Å². The minimum atomic E-state index is 0.307. The van der Waals surface area contributed by atoms with Gasteiger partial charge in [-0.3, -0.25) is 5.43 Å². The highest BCUT2D eigenvalue weighted by molar-refractivity contribution is 7.80. The van der Waals surface area contributed by atoms with E-state index in [0.29, 0.717) is 17.1 Å². The van der Waals surface area contributed by atoms with Crippen molar-refractivity contribution in [2.24, 2.45) is 11.0 Å². The Bertz CT molecular complexity index is 486. The Morgan fingerprint density at radius 3 is 2.55 bits per heavy atom. The maximum absolute atomic E-state index is 5.13. The summed E-state index contributed by atoms with van der Waals surface area (Å²) in [6.45, 7) is 13.8. The Hall–Kier alpha value is -1.36. The second kappa shape index (κ2) is 7.43. The van der Waals surface area contributed by atoms with Gasteiger partial charge in [-0.25, -0.2) is 0 Å². The van der Waals surface area contributed by atoms with Crippen LogP contribution in [0, 0.1) is 19.8 Å². The van der Waals surface area contributed by atoms with E-state index in [0.717, 1.165) is 12.1 Å². The molecule has 0 saturated heterocycles. The van der Waals surface area contributed by atoms with Gasteiger partial charge in [0.05, 0.1) is 6.21 Å². The number of rotatable bonds is 5. The molecule has 0 aliphatic rings. The number of hydrogen-bond acceptors (Lipinski definition) is 2. The molecule has 0 saturated carbocycles. The van der Waals surface area contributed by atoms with Crippen molar-refractivity contribution in [3.05, 3.63) is 23.0 Å². The lowest BCUT2D eigenvalue weighted by Crippen LogP contribution is -2.36. The fourth-order valence-corrected chi connectivity index (χ4v) is 2.35. The molecular weight excluding hydrogens is 268 g/mol. The highest BCUT2D eigenvalue weighted by atomic mass is 32.1. The van der Waals surface area contributed by atoms with Crippen LogP contribution < -0.4 is 10.7 Å². The van der Waals surface area contributed by atoms with Crippen LogP contribution in [0.5, 0.6) is 0 Å². The molecule has 0 bridgehead atoms. The van der Waals surface area contributed by atoms with Crippen LogP contribution in [-0.2, 0) is 6.54 Å². The van der Waals surface area contributed by atoms with Gasteiger partial charge in [0.25, 0.3) is 0 Å². The SMILES string of the molecule is Cc1cc(/C=N\NC(=S)NC(C)C)c(C)n1CC(C)C. The third kappa shape index (κ3) is 4.96. The second-order valence-corrected chi connectivity index (χ2v) is 6.24. The normalized spacial score (nSPS) is 11.6. The van der Waals surface area contributed by atoms with Crippen LogP contribution in [0.25, 0.3) is 0 Å². The van der Waals surface area contributed by atoms with E-state index >= 15 is 0 Å². The van der Waals surface area contributed by atoms with Crippen LogP contribution >= 0.6 is 12.2 Å². The molecule has 0 amide bonds. The summed E-state index contributed by atoms with van der Waals surface area (Å²) < 4.78 is 2.33. The molecule has 1 rings (SSSR count). The minimum absolute atomic E-state index is 0.307. The third-order valence-corrected chi connectivity index (χ3v) is 3.16. The smallest absolute Gasteiger partial charge is 0.187 e. The summed E-state index contributed by atoms with van der Waals surface area (Å²) in [5.41, 5.74) is 6.47. The van der Waals surface area contributed by atoms with Crippen molar-refractivity contribution in [2.45, 2.75) is 54.1 Å². The van der Waals surface area contributed by atoms with Crippen molar-refractivity contribution in [3.8, 4) is 0 Å². The molecule has 4 nitrogen and oxygen atoms in total. The molecule has 0 radical (unpaired) electrons. The van der Waals surface area contributed by atoms with Gasteiger partial charge in [0.1, 0.15) is 0 Å². The van der Waals surface area contributed by atoms with E-state index in [1.807, 2.05) is 20.1 Å². The molecule has 112 valence electrons. The molecule has 1 heterocycles. The first-order valence-electron chi connectivity index (χ1n) is 7.07. The third-order valence-electron chi connectivity index (χ3n) is 2.95. The zero-order chi connectivity index (χ0) is 15.3. The highest BCUT2D eigenvalue weighted by Crippen LogP contribution is 2.15. The predicted octanol–water partition coefficient (Wildman–Crippen LogP) is 2.97. The Labute approximate surface area is 127 Å². The Balaban J connectivity index is 2.71. The molecule has 0 unspecified atom stereocenters. The maximum Gasteiger partial charge on any atom is 0.187 e. The standard InChI is InChI=1S/C15H26N4S/c1-10(2)9-19-12(5)7-14(13(19)6)8-16-18-15(20)17-11(3)4/h7-8,10-11H,9H2,1-6H3,(H2,17,18,20)/b16-8-. The molecule has 1 aromatic heterocycles. The predicted molar refractivity (Wildman–Crippen MR) is 90.3 cm³/mol. The van der Waals surface area contributed by atoms with E-state index in [2.05, 4.69) is 54.2 Å². The molecule has 5 heteroatoms. The summed E-state index contributed by atoms with van der Waals surface area (Å²) in [5, 5.41) is 7.83. The van der Waals surface area contributed by atoms with E-state index in [1.54, 1.807) is 0 Å². The summed E-state index contributed by atoms with van der Waals surface area (Å²) >= 11 is 5.13. The van der Waals surface area contributed by atoms with Gasteiger partial charge < -0.3 is 9.88 Å². The minimum Gasteiger partial charge on any atom is -0.359 e. The zero-order valence-electron chi connectivity index (χ0n) is 13.3. The average Bonchev–Trinajstić information content (AvgIpc) is 2.55. The number of hydrogen-bond donors (Lipinski definition) is 2. The van der Waals surface area contributed by atoms with Crippen LogP contribution in [-0.4, -0.2) is 21.9 Å². The molecule has 20 heavy (non-hydrogen) atoms. The van der Waals surface area contributed by atoms with Crippen LogP contribution in [0.1, 0.15) is 44.6 Å². The van der Waals surface area contributed by atoms with Gasteiger partial charge in [-0.1, -0.05) is 13.8 Å². The Morgan fingerprint density at radius 2 is 2.00 bits per heavy atom. The van der Waals surface area contributed by atoms with Gasteiger partial charge in [0, 0.05) is 29.5 Å². The first kappa shape index (κ1) is 16.7. The first-order valence-corrected chi connectivity index (χ1v) is 7.48. The molecule has 2 N–H and O–H groups in total. The number of aryl methyl sites for hydroxylation is 1. The van der Waals surface area contributed by atoms with Crippen molar-refractivity contribution in [1.29, 1.82) is 0 Å². The van der Waals surface area contributed by atoms with Crippen molar-refractivity contribution in [3.63, 3.8) is 0 Å². The maximum atomic E-state index is 5.13. The Morgan fingerprint density at radius 1 is 1.35 bits per heavy atom. The number of thiocarbonyl (C=S) groups is 1. The second-order valence-electron chi connectivity index (χ2n) is 5.83. The number of nitrogens with zero attached hydrogens (tertiary/aromatic N) is 2. The summed E-state index contributed by atoms with van der Waals surface area (Å²) in [4.78, 5) is 0. The first-order chi connectivity index (χ1) is 9.31. The lowest BCUT2D eigenvalue weighted by Gasteiger charge is -2.12. The van der Waals surface area contributed by atoms with Gasteiger partial charge in [-0.15, -0.1) is 0 Å². The van der Waals surface area contributed by atoms with E-state index in [-0.39, 0.29) is 0 Å². The molecule has 0 aromatic carbocycles. The molecule has 0 atom stereocenters. The van der Waals surface area contributed by atoms with E-state index in [1.165, 1.54) is 11.4 Å². The van der Waals surface area contributed by atoms with Crippen LogP contribution in [0.4, 0.5) is 0 Å². The van der Waals surface area contributed by atoms with Crippen molar-refractivity contribution in [1.82, 2.24) is 15.3 Å². The van der Waals surface area contributed by atoms with E-state index in [9.17, 15) is 0 Å². The van der Waals surface area contributed by atoms with Gasteiger partial charge in [0.2, 0.25) is 0 Å². The summed E-state index contributed by atoms with van der Waals surface area (Å²) in [5.74, 6) is 0.630. The topological polar surface area (TPSA) is 41.4 Å². The molecule has 0 aliphatic heterocycles. The molecular formula is C15H26N4S. The number of nitrogens with one attached hydrogen (secondary N) is 2. The largest absolute Gasteiger partial charge is 0.359 e. The van der Waals surface area contributed by atoms with Crippen LogP contribution in [0.2, 0.25) is 0 Å². The molecule has 0 fully saturated rings. The monoisotopic (exact) mass is 294 g/mol. The lowest BCUT2D eigenvalue weighted by molar-refractivity contribution is 0.509. The summed E-state index contributed by atoms with van der Waals surface area (Å²) in [6.07, 6.45) is 1.83. The van der Waals surface area contributed by atoms with E-state index in [4.69, 9.17) is 12.2 Å². The van der Waals surface area contributed by atoms with Gasteiger partial charge >= 0.3 is 0 Å². The summed E-state index contributed by atoms with van der Waals surface area (Å²) in [6, 6.07) is 2.46. The van der Waals surface area contributed by atoms with Gasteiger partial charge in [-0.2, -0.15) is 5.10 Å². The van der Waals surface area contributed by atoms with Crippen molar-refractivity contribution in [2.75, 3.05) is 0 Å². The fourth-order valence-electron chi connectivity index (χ4n) is 2.06. The van der Waals surface area contributed by atoms with Crippen LogP contribution in [0.3, 0.4) is 0 Å². The number of aromatic nitrogens is 1. The molecule has 1 aromatic rings. The van der Waals surface area contributed by atoms with Gasteiger partial charge in [-0.05, 0) is 51.9 Å². The zero-order valence-corrected chi connectivity index (χ0v) is 14.1. The Kier molecular flexibility index (Phi) is 6.20. The average molecular weight is 294 g/mol. The fraction of sp³-hybridized carbons (Fsp3) is 0.600. The number of hydrazone groups is 1. The van der Waals surface area contributed by atoms with Crippen molar-refractivity contribution >= 4 is 23.5 Å². The van der Waals surface area contributed by atoms with Gasteiger partial charge in [0.15, 0.2) is 5.11 Å². The van der Waals surface area contributed by atoms with Crippen LogP contribution in [0.15, 0.2) is 11.2 Å². The highest BCUT2D eigenvalue weighted by Gasteiger charge is 2.08. The van der Waals surface area contributed by atoms with E-state index < -0.39 is 0 Å². The quantitative estimate of drug-likeness (QED) is 0.498. The molecule has 0 spiro atoms. The summed E-state index contributed by atoms with van der Waals surface area (Å²) in [7, 11) is 0.